The maximum absolute atomic E-state index is 13.3. The maximum atomic E-state index is 13.3. The molecule has 0 spiro atoms. The van der Waals surface area contributed by atoms with E-state index in [4.69, 9.17) is 4.65 Å². The molecule has 3 aromatic carbocycles. The van der Waals surface area contributed by atoms with Crippen molar-refractivity contribution in [1.29, 1.82) is 0 Å². The molecule has 25 heavy (non-hydrogen) atoms. The molecule has 0 aromatic heterocycles. The van der Waals surface area contributed by atoms with Gasteiger partial charge in [0.1, 0.15) is 5.82 Å². The molecule has 2 nitrogen and oxygen atoms in total. The summed E-state index contributed by atoms with van der Waals surface area (Å²) in [6.45, 7) is 2.05. The molecule has 0 fully saturated rings. The number of rotatable bonds is 5. The van der Waals surface area contributed by atoms with Crippen LogP contribution in [0.3, 0.4) is 0 Å². The Bertz CT molecular complexity index is 852. The van der Waals surface area contributed by atoms with Crippen LogP contribution in [0, 0.1) is 5.82 Å². The number of benzene rings is 3. The summed E-state index contributed by atoms with van der Waals surface area (Å²) in [6.07, 6.45) is 0. The van der Waals surface area contributed by atoms with Crippen molar-refractivity contribution in [2.45, 2.75) is 19.7 Å². The monoisotopic (exact) mass is 331 g/mol. The molecule has 0 bridgehead atoms. The largest absolute Gasteiger partial charge is 0.423 e. The van der Waals surface area contributed by atoms with Crippen LogP contribution in [0.5, 0.6) is 0 Å². The molecule has 4 heteroatoms. The van der Waals surface area contributed by atoms with E-state index in [0.29, 0.717) is 6.61 Å². The second-order valence-corrected chi connectivity index (χ2v) is 6.36. The van der Waals surface area contributed by atoms with Crippen molar-refractivity contribution in [2.75, 3.05) is 0 Å². The lowest BCUT2D eigenvalue weighted by molar-refractivity contribution is 0.336. The molecule has 1 aliphatic rings. The normalized spacial score (nSPS) is 13.1. The van der Waals surface area contributed by atoms with Crippen molar-refractivity contribution in [1.82, 2.24) is 5.32 Å². The van der Waals surface area contributed by atoms with Crippen molar-refractivity contribution in [3.05, 3.63) is 95.3 Å². The minimum Gasteiger partial charge on any atom is -0.423 e. The number of fused-ring (bicyclic) bond motifs is 1. The Kier molecular flexibility index (Phi) is 4.64. The van der Waals surface area contributed by atoms with E-state index in [9.17, 15) is 4.39 Å². The fourth-order valence-corrected chi connectivity index (χ4v) is 3.25. The van der Waals surface area contributed by atoms with E-state index in [1.165, 1.54) is 17.2 Å². The molecule has 4 rings (SSSR count). The first-order valence-electron chi connectivity index (χ1n) is 8.53. The van der Waals surface area contributed by atoms with E-state index in [1.54, 1.807) is 6.07 Å². The molecule has 1 heterocycles. The predicted molar refractivity (Wildman–Crippen MR) is 99.6 cm³/mol. The highest BCUT2D eigenvalue weighted by Crippen LogP contribution is 2.13. The van der Waals surface area contributed by atoms with Crippen molar-refractivity contribution in [3.8, 4) is 0 Å². The smallest absolute Gasteiger partial charge is 0.362 e. The van der Waals surface area contributed by atoms with Gasteiger partial charge in [-0.1, -0.05) is 60.7 Å². The first kappa shape index (κ1) is 16.1. The van der Waals surface area contributed by atoms with Crippen molar-refractivity contribution < 1.29 is 9.04 Å². The zero-order chi connectivity index (χ0) is 17.1. The van der Waals surface area contributed by atoms with E-state index >= 15 is 0 Å². The third kappa shape index (κ3) is 3.65. The molecule has 0 unspecified atom stereocenters. The van der Waals surface area contributed by atoms with E-state index in [-0.39, 0.29) is 12.7 Å². The highest BCUT2D eigenvalue weighted by molar-refractivity contribution is 6.81. The van der Waals surface area contributed by atoms with Crippen LogP contribution in [0.2, 0.25) is 0 Å². The highest BCUT2D eigenvalue weighted by atomic mass is 19.1. The Morgan fingerprint density at radius 3 is 2.36 bits per heavy atom. The number of halogens is 1. The van der Waals surface area contributed by atoms with Gasteiger partial charge in [0, 0.05) is 13.1 Å². The van der Waals surface area contributed by atoms with E-state index in [1.807, 2.05) is 12.1 Å². The fourth-order valence-electron chi connectivity index (χ4n) is 3.25. The lowest BCUT2D eigenvalue weighted by Gasteiger charge is -2.09. The third-order valence-electron chi connectivity index (χ3n) is 4.58. The van der Waals surface area contributed by atoms with Crippen LogP contribution < -0.4 is 16.2 Å². The molecule has 124 valence electrons. The van der Waals surface area contributed by atoms with Gasteiger partial charge in [-0.25, -0.2) is 4.39 Å². The number of hydrogen-bond acceptors (Lipinski definition) is 2. The lowest BCUT2D eigenvalue weighted by Crippen LogP contribution is -2.41. The molecule has 0 radical (unpaired) electrons. The molecular weight excluding hydrogens is 312 g/mol. The second kappa shape index (κ2) is 7.22. The van der Waals surface area contributed by atoms with Crippen LogP contribution in [0.1, 0.15) is 16.7 Å². The summed E-state index contributed by atoms with van der Waals surface area (Å²) in [5.41, 5.74) is 5.63. The van der Waals surface area contributed by atoms with Crippen molar-refractivity contribution in [2.24, 2.45) is 0 Å². The average molecular weight is 331 g/mol. The van der Waals surface area contributed by atoms with E-state index in [0.717, 1.165) is 29.6 Å². The summed E-state index contributed by atoms with van der Waals surface area (Å²) < 4.78 is 19.2. The first-order valence-corrected chi connectivity index (χ1v) is 8.53. The van der Waals surface area contributed by atoms with Gasteiger partial charge in [-0.15, -0.1) is 0 Å². The zero-order valence-electron chi connectivity index (χ0n) is 13.9. The van der Waals surface area contributed by atoms with Crippen LogP contribution in [-0.4, -0.2) is 6.92 Å². The summed E-state index contributed by atoms with van der Waals surface area (Å²) in [7, 11) is 0. The Morgan fingerprint density at radius 2 is 1.60 bits per heavy atom. The quantitative estimate of drug-likeness (QED) is 0.726. The first-order chi connectivity index (χ1) is 12.3. The van der Waals surface area contributed by atoms with Gasteiger partial charge in [0.05, 0.1) is 6.61 Å². The number of nitrogens with one attached hydrogen (secondary N) is 1. The molecule has 1 aliphatic heterocycles. The number of hydrogen-bond donors (Lipinski definition) is 1. The van der Waals surface area contributed by atoms with Gasteiger partial charge in [-0.2, -0.15) is 0 Å². The Hall–Kier alpha value is -2.43. The van der Waals surface area contributed by atoms with Crippen molar-refractivity contribution in [3.63, 3.8) is 0 Å². The molecule has 0 saturated heterocycles. The van der Waals surface area contributed by atoms with Crippen LogP contribution in [0.15, 0.2) is 72.8 Å². The van der Waals surface area contributed by atoms with Gasteiger partial charge in [-0.3, -0.25) is 0 Å². The molecule has 0 saturated carbocycles. The second-order valence-electron chi connectivity index (χ2n) is 6.36. The molecule has 0 atom stereocenters. The van der Waals surface area contributed by atoms with Crippen LogP contribution in [0.4, 0.5) is 4.39 Å². The molecule has 3 aromatic rings. The Balaban J connectivity index is 1.40. The zero-order valence-corrected chi connectivity index (χ0v) is 13.9. The summed E-state index contributed by atoms with van der Waals surface area (Å²) >= 11 is 0. The van der Waals surface area contributed by atoms with Crippen LogP contribution in [0.25, 0.3) is 0 Å². The van der Waals surface area contributed by atoms with Gasteiger partial charge < -0.3 is 9.97 Å². The van der Waals surface area contributed by atoms with Crippen molar-refractivity contribution >= 4 is 17.8 Å². The average Bonchev–Trinajstić information content (AvgIpc) is 3.06. The molecule has 0 amide bonds. The van der Waals surface area contributed by atoms with Gasteiger partial charge >= 0.3 is 6.92 Å². The van der Waals surface area contributed by atoms with Gasteiger partial charge in [-0.05, 0) is 39.7 Å². The standard InChI is InChI=1S/C21H19BFNO/c23-20-10-11-21-18(12-20)15-25-22(21)19-8-6-17(7-9-19)14-24-13-16-4-2-1-3-5-16/h1-12,24H,13-15H2. The minimum atomic E-state index is -0.206. The summed E-state index contributed by atoms with van der Waals surface area (Å²) in [5, 5.41) is 3.46. The molecular formula is C21H19BFNO. The predicted octanol–water partition coefficient (Wildman–Crippen LogP) is 2.75. The minimum absolute atomic E-state index is 0.0954. The van der Waals surface area contributed by atoms with Crippen LogP contribution in [-0.2, 0) is 24.4 Å². The fraction of sp³-hybridized carbons (Fsp3) is 0.143. The van der Waals surface area contributed by atoms with Gasteiger partial charge in [0.15, 0.2) is 0 Å². The van der Waals surface area contributed by atoms with E-state index in [2.05, 4.69) is 53.8 Å². The SMILES string of the molecule is Fc1ccc2c(c1)COB2c1ccc(CNCc2ccccc2)cc1. The van der Waals surface area contributed by atoms with E-state index < -0.39 is 0 Å². The van der Waals surface area contributed by atoms with Gasteiger partial charge in [0.2, 0.25) is 0 Å². The molecule has 1 N–H and O–H groups in total. The Morgan fingerprint density at radius 1 is 0.880 bits per heavy atom. The van der Waals surface area contributed by atoms with Crippen LogP contribution >= 0.6 is 0 Å². The Labute approximate surface area is 147 Å². The summed E-state index contributed by atoms with van der Waals surface area (Å²) in [4.78, 5) is 0. The van der Waals surface area contributed by atoms with Gasteiger partial charge in [0.25, 0.3) is 0 Å². The molecule has 0 aliphatic carbocycles. The maximum Gasteiger partial charge on any atom is 0.362 e. The highest BCUT2D eigenvalue weighted by Gasteiger charge is 2.29. The lowest BCUT2D eigenvalue weighted by atomic mass is 9.56. The third-order valence-corrected chi connectivity index (χ3v) is 4.58. The summed E-state index contributed by atoms with van der Waals surface area (Å²) in [6, 6.07) is 23.7. The topological polar surface area (TPSA) is 21.3 Å². The summed E-state index contributed by atoms with van der Waals surface area (Å²) in [5.74, 6) is -0.206.